The number of aromatic nitrogens is 1. The molecule has 0 unspecified atom stereocenters. The minimum absolute atomic E-state index is 0.0297. The number of hydrogen-bond donors (Lipinski definition) is 2. The zero-order valence-corrected chi connectivity index (χ0v) is 16.3. The van der Waals surface area contributed by atoms with Gasteiger partial charge in [-0.15, -0.1) is 11.3 Å². The SMILES string of the molecule is COC(=O)c1cccc(Cc2cnc(NC(=O)CCC3CCNCC3)s2)c1. The molecule has 0 saturated carbocycles. The molecule has 2 heterocycles. The molecule has 2 aromatic rings. The summed E-state index contributed by atoms with van der Waals surface area (Å²) in [6.45, 7) is 2.11. The van der Waals surface area contributed by atoms with Gasteiger partial charge in [-0.05, 0) is 56.0 Å². The second kappa shape index (κ2) is 9.62. The van der Waals surface area contributed by atoms with Crippen LogP contribution in [0.5, 0.6) is 0 Å². The number of carbonyl (C=O) groups is 2. The number of piperidine rings is 1. The molecule has 27 heavy (non-hydrogen) atoms. The van der Waals surface area contributed by atoms with Crippen molar-refractivity contribution in [2.75, 3.05) is 25.5 Å². The number of hydrogen-bond acceptors (Lipinski definition) is 6. The Morgan fingerprint density at radius 1 is 1.33 bits per heavy atom. The van der Waals surface area contributed by atoms with Gasteiger partial charge < -0.3 is 15.4 Å². The maximum atomic E-state index is 12.2. The first kappa shape index (κ1) is 19.5. The van der Waals surface area contributed by atoms with Gasteiger partial charge in [0.05, 0.1) is 12.7 Å². The molecule has 0 aliphatic carbocycles. The number of amides is 1. The summed E-state index contributed by atoms with van der Waals surface area (Å²) in [7, 11) is 1.37. The topological polar surface area (TPSA) is 80.3 Å². The lowest BCUT2D eigenvalue weighted by Crippen LogP contribution is -2.28. The normalized spacial score (nSPS) is 14.7. The molecule has 0 atom stereocenters. The monoisotopic (exact) mass is 387 g/mol. The average molecular weight is 388 g/mol. The highest BCUT2D eigenvalue weighted by Crippen LogP contribution is 2.23. The van der Waals surface area contributed by atoms with E-state index < -0.39 is 0 Å². The second-order valence-electron chi connectivity index (χ2n) is 6.78. The first-order valence-corrected chi connectivity index (χ1v) is 10.1. The van der Waals surface area contributed by atoms with Crippen LogP contribution in [0, 0.1) is 5.92 Å². The van der Waals surface area contributed by atoms with Crippen LogP contribution in [0.15, 0.2) is 30.5 Å². The Balaban J connectivity index is 1.50. The lowest BCUT2D eigenvalue weighted by molar-refractivity contribution is -0.116. The molecule has 1 aliphatic heterocycles. The van der Waals surface area contributed by atoms with Gasteiger partial charge in [0.2, 0.25) is 5.91 Å². The number of methoxy groups -OCH3 is 1. The maximum Gasteiger partial charge on any atom is 0.337 e. The Kier molecular flexibility index (Phi) is 6.95. The van der Waals surface area contributed by atoms with Crippen LogP contribution in [-0.4, -0.2) is 37.1 Å². The largest absolute Gasteiger partial charge is 0.465 e. The Hall–Kier alpha value is -2.25. The summed E-state index contributed by atoms with van der Waals surface area (Å²) in [5.74, 6) is 0.330. The van der Waals surface area contributed by atoms with Crippen molar-refractivity contribution in [3.05, 3.63) is 46.5 Å². The van der Waals surface area contributed by atoms with Gasteiger partial charge in [0.25, 0.3) is 0 Å². The van der Waals surface area contributed by atoms with E-state index in [0.717, 1.165) is 42.8 Å². The molecule has 6 nitrogen and oxygen atoms in total. The molecular formula is C20H25N3O3S. The van der Waals surface area contributed by atoms with Gasteiger partial charge in [-0.25, -0.2) is 9.78 Å². The summed E-state index contributed by atoms with van der Waals surface area (Å²) in [4.78, 5) is 29.1. The van der Waals surface area contributed by atoms with Crippen molar-refractivity contribution in [2.45, 2.75) is 32.1 Å². The fourth-order valence-electron chi connectivity index (χ4n) is 3.26. The number of rotatable bonds is 7. The van der Waals surface area contributed by atoms with Gasteiger partial charge in [-0.3, -0.25) is 4.79 Å². The van der Waals surface area contributed by atoms with E-state index in [0.29, 0.717) is 29.5 Å². The summed E-state index contributed by atoms with van der Waals surface area (Å²) in [5.41, 5.74) is 1.54. The van der Waals surface area contributed by atoms with E-state index >= 15 is 0 Å². The number of nitrogens with zero attached hydrogens (tertiary/aromatic N) is 1. The summed E-state index contributed by atoms with van der Waals surface area (Å²) < 4.78 is 4.76. The van der Waals surface area contributed by atoms with Crippen molar-refractivity contribution in [3.8, 4) is 0 Å². The van der Waals surface area contributed by atoms with Gasteiger partial charge in [0.15, 0.2) is 5.13 Å². The fourth-order valence-corrected chi connectivity index (χ4v) is 4.12. The molecule has 1 aliphatic rings. The Morgan fingerprint density at radius 2 is 2.15 bits per heavy atom. The molecule has 7 heteroatoms. The van der Waals surface area contributed by atoms with Crippen LogP contribution in [-0.2, 0) is 16.0 Å². The lowest BCUT2D eigenvalue weighted by Gasteiger charge is -2.21. The van der Waals surface area contributed by atoms with E-state index in [2.05, 4.69) is 15.6 Å². The molecule has 1 fully saturated rings. The van der Waals surface area contributed by atoms with E-state index in [1.54, 1.807) is 12.3 Å². The third-order valence-corrected chi connectivity index (χ3v) is 5.68. The molecule has 2 N–H and O–H groups in total. The summed E-state index contributed by atoms with van der Waals surface area (Å²) in [6.07, 6.45) is 6.22. The molecule has 0 radical (unpaired) electrons. The van der Waals surface area contributed by atoms with Crippen LogP contribution in [0.1, 0.15) is 46.5 Å². The number of nitrogens with one attached hydrogen (secondary N) is 2. The van der Waals surface area contributed by atoms with E-state index in [-0.39, 0.29) is 11.9 Å². The van der Waals surface area contributed by atoms with Crippen LogP contribution in [0.3, 0.4) is 0 Å². The van der Waals surface area contributed by atoms with Crippen LogP contribution in [0.25, 0.3) is 0 Å². The van der Waals surface area contributed by atoms with Gasteiger partial charge >= 0.3 is 5.97 Å². The van der Waals surface area contributed by atoms with Crippen molar-refractivity contribution in [2.24, 2.45) is 5.92 Å². The Bertz CT molecular complexity index is 784. The highest BCUT2D eigenvalue weighted by Gasteiger charge is 2.15. The van der Waals surface area contributed by atoms with E-state index in [4.69, 9.17) is 4.74 Å². The van der Waals surface area contributed by atoms with Crippen molar-refractivity contribution < 1.29 is 14.3 Å². The zero-order chi connectivity index (χ0) is 19.1. The minimum atomic E-state index is -0.345. The highest BCUT2D eigenvalue weighted by molar-refractivity contribution is 7.15. The van der Waals surface area contributed by atoms with E-state index in [1.807, 2.05) is 18.2 Å². The molecule has 144 valence electrons. The molecule has 3 rings (SSSR count). The lowest BCUT2D eigenvalue weighted by atomic mass is 9.93. The van der Waals surface area contributed by atoms with Gasteiger partial charge in [0, 0.05) is 23.9 Å². The summed E-state index contributed by atoms with van der Waals surface area (Å²) >= 11 is 1.47. The molecule has 1 amide bonds. The highest BCUT2D eigenvalue weighted by atomic mass is 32.1. The van der Waals surface area contributed by atoms with Crippen molar-refractivity contribution in [1.82, 2.24) is 10.3 Å². The Morgan fingerprint density at radius 3 is 2.93 bits per heavy atom. The summed E-state index contributed by atoms with van der Waals surface area (Å²) in [6, 6.07) is 7.36. The molecular weight excluding hydrogens is 362 g/mol. The van der Waals surface area contributed by atoms with Crippen molar-refractivity contribution in [1.29, 1.82) is 0 Å². The van der Waals surface area contributed by atoms with Crippen molar-refractivity contribution in [3.63, 3.8) is 0 Å². The minimum Gasteiger partial charge on any atom is -0.465 e. The third kappa shape index (κ3) is 5.87. The molecule has 1 aromatic carbocycles. The number of anilines is 1. The standard InChI is InChI=1S/C20H25N3O3S/c1-26-19(25)16-4-2-3-15(11-16)12-17-13-22-20(27-17)23-18(24)6-5-14-7-9-21-10-8-14/h2-4,11,13-14,21H,5-10,12H2,1H3,(H,22,23,24). The number of thiazole rings is 1. The maximum absolute atomic E-state index is 12.2. The average Bonchev–Trinajstić information content (AvgIpc) is 3.13. The zero-order valence-electron chi connectivity index (χ0n) is 15.5. The van der Waals surface area contributed by atoms with E-state index in [1.165, 1.54) is 18.4 Å². The number of carbonyl (C=O) groups excluding carboxylic acids is 2. The quantitative estimate of drug-likeness (QED) is 0.713. The van der Waals surface area contributed by atoms with Gasteiger partial charge in [-0.1, -0.05) is 12.1 Å². The van der Waals surface area contributed by atoms with Gasteiger partial charge in [0.1, 0.15) is 0 Å². The number of benzene rings is 1. The molecule has 0 spiro atoms. The van der Waals surface area contributed by atoms with Crippen molar-refractivity contribution >= 4 is 28.3 Å². The predicted octanol–water partition coefficient (Wildman–Crippen LogP) is 3.24. The smallest absolute Gasteiger partial charge is 0.337 e. The van der Waals surface area contributed by atoms with Gasteiger partial charge in [-0.2, -0.15) is 0 Å². The Labute approximate surface area is 163 Å². The third-order valence-electron chi connectivity index (χ3n) is 4.76. The first-order valence-electron chi connectivity index (χ1n) is 9.26. The van der Waals surface area contributed by atoms with E-state index in [9.17, 15) is 9.59 Å². The summed E-state index contributed by atoms with van der Waals surface area (Å²) in [5, 5.41) is 6.88. The number of ether oxygens (including phenoxy) is 1. The second-order valence-corrected chi connectivity index (χ2v) is 7.90. The van der Waals surface area contributed by atoms with Crippen LogP contribution < -0.4 is 10.6 Å². The molecule has 1 saturated heterocycles. The van der Waals surface area contributed by atoms with Crippen LogP contribution >= 0.6 is 11.3 Å². The predicted molar refractivity (Wildman–Crippen MR) is 106 cm³/mol. The number of esters is 1. The van der Waals surface area contributed by atoms with Crippen LogP contribution in [0.4, 0.5) is 5.13 Å². The first-order chi connectivity index (χ1) is 13.1. The molecule has 1 aromatic heterocycles. The molecule has 0 bridgehead atoms. The van der Waals surface area contributed by atoms with Crippen LogP contribution in [0.2, 0.25) is 0 Å². The fraction of sp³-hybridized carbons (Fsp3) is 0.450.